The monoisotopic (exact) mass is 401 g/mol. The maximum absolute atomic E-state index is 13.0. The van der Waals surface area contributed by atoms with Gasteiger partial charge in [0.1, 0.15) is 6.04 Å². The highest BCUT2D eigenvalue weighted by Crippen LogP contribution is 2.27. The van der Waals surface area contributed by atoms with Gasteiger partial charge in [-0.15, -0.1) is 0 Å². The number of hydrogen-bond donors (Lipinski definition) is 1. The molecule has 1 atom stereocenters. The maximum Gasteiger partial charge on any atom is 0.247 e. The van der Waals surface area contributed by atoms with Crippen LogP contribution in [0.15, 0.2) is 54.6 Å². The topological polar surface area (TPSA) is 86.8 Å². The van der Waals surface area contributed by atoms with Crippen molar-refractivity contribution in [2.45, 2.75) is 18.9 Å². The van der Waals surface area contributed by atoms with Crippen LogP contribution in [-0.4, -0.2) is 44.4 Å². The predicted octanol–water partition coefficient (Wildman–Crippen LogP) is 2.38. The van der Waals surface area contributed by atoms with Gasteiger partial charge in [0.05, 0.1) is 6.26 Å². The van der Waals surface area contributed by atoms with E-state index in [1.54, 1.807) is 53.4 Å². The molecule has 3 rings (SSSR count). The van der Waals surface area contributed by atoms with Crippen molar-refractivity contribution in [3.63, 3.8) is 0 Å². The van der Waals surface area contributed by atoms with Gasteiger partial charge in [0.2, 0.25) is 21.8 Å². The Hall–Kier alpha value is -2.71. The number of rotatable bonds is 6. The summed E-state index contributed by atoms with van der Waals surface area (Å²) in [6.07, 6.45) is 2.40. The van der Waals surface area contributed by atoms with E-state index in [0.29, 0.717) is 29.9 Å². The van der Waals surface area contributed by atoms with Gasteiger partial charge in [0, 0.05) is 31.4 Å². The van der Waals surface area contributed by atoms with Crippen LogP contribution < -0.4 is 10.2 Å². The summed E-state index contributed by atoms with van der Waals surface area (Å²) in [5.74, 6) is -0.411. The SMILES string of the molecule is CN([C@H](C(=O)Nc1cccc(N2CCCC2=O)c1)c1ccccc1)S(C)(=O)=O. The second-order valence-electron chi connectivity index (χ2n) is 6.78. The Labute approximate surface area is 165 Å². The number of carbonyl (C=O) groups excluding carboxylic acids is 2. The highest BCUT2D eigenvalue weighted by atomic mass is 32.2. The molecule has 28 heavy (non-hydrogen) atoms. The average molecular weight is 401 g/mol. The third kappa shape index (κ3) is 4.40. The summed E-state index contributed by atoms with van der Waals surface area (Å²) in [6, 6.07) is 14.7. The van der Waals surface area contributed by atoms with Crippen molar-refractivity contribution in [3.8, 4) is 0 Å². The fourth-order valence-electron chi connectivity index (χ4n) is 3.24. The van der Waals surface area contributed by atoms with E-state index < -0.39 is 22.0 Å². The van der Waals surface area contributed by atoms with E-state index in [0.717, 1.165) is 17.0 Å². The molecule has 1 fully saturated rings. The molecule has 1 aliphatic heterocycles. The Morgan fingerprint density at radius 2 is 1.86 bits per heavy atom. The van der Waals surface area contributed by atoms with Crippen LogP contribution in [0.25, 0.3) is 0 Å². The molecule has 0 unspecified atom stereocenters. The number of nitrogens with one attached hydrogen (secondary N) is 1. The van der Waals surface area contributed by atoms with Crippen LogP contribution in [0.5, 0.6) is 0 Å². The molecule has 1 aliphatic rings. The first-order valence-electron chi connectivity index (χ1n) is 8.96. The van der Waals surface area contributed by atoms with Gasteiger partial charge < -0.3 is 10.2 Å². The molecular formula is C20H23N3O4S. The van der Waals surface area contributed by atoms with Crippen LogP contribution in [0, 0.1) is 0 Å². The van der Waals surface area contributed by atoms with Crippen LogP contribution in [0.2, 0.25) is 0 Å². The molecule has 2 amide bonds. The molecule has 8 heteroatoms. The zero-order chi connectivity index (χ0) is 20.3. The van der Waals surface area contributed by atoms with Crippen LogP contribution in [-0.2, 0) is 19.6 Å². The van der Waals surface area contributed by atoms with Crippen molar-refractivity contribution < 1.29 is 18.0 Å². The summed E-state index contributed by atoms with van der Waals surface area (Å²) in [5, 5.41) is 2.79. The molecule has 1 heterocycles. The number of benzene rings is 2. The predicted molar refractivity (Wildman–Crippen MR) is 108 cm³/mol. The largest absolute Gasteiger partial charge is 0.324 e. The Kier molecular flexibility index (Phi) is 5.81. The number of hydrogen-bond acceptors (Lipinski definition) is 4. The second kappa shape index (κ2) is 8.12. The van der Waals surface area contributed by atoms with Gasteiger partial charge in [-0.3, -0.25) is 9.59 Å². The first kappa shape index (κ1) is 20.0. The standard InChI is InChI=1S/C20H23N3O4S/c1-22(28(2,26)27)19(15-8-4-3-5-9-15)20(25)21-16-10-6-11-17(14-16)23-13-7-12-18(23)24/h3-6,8-11,14,19H,7,12-13H2,1-2H3,(H,21,25)/t19-/m0/s1. The summed E-state index contributed by atoms with van der Waals surface area (Å²) < 4.78 is 25.2. The summed E-state index contributed by atoms with van der Waals surface area (Å²) >= 11 is 0. The van der Waals surface area contributed by atoms with Crippen LogP contribution in [0.3, 0.4) is 0 Å². The molecule has 0 spiro atoms. The molecule has 7 nitrogen and oxygen atoms in total. The molecule has 0 bridgehead atoms. The van der Waals surface area contributed by atoms with E-state index in [4.69, 9.17) is 0 Å². The zero-order valence-electron chi connectivity index (χ0n) is 15.8. The smallest absolute Gasteiger partial charge is 0.247 e. The molecule has 0 radical (unpaired) electrons. The summed E-state index contributed by atoms with van der Waals surface area (Å²) in [7, 11) is -2.22. The summed E-state index contributed by atoms with van der Waals surface area (Å²) in [4.78, 5) is 26.7. The fourth-order valence-corrected chi connectivity index (χ4v) is 3.84. The van der Waals surface area contributed by atoms with E-state index in [-0.39, 0.29) is 5.91 Å². The number of anilines is 2. The number of amides is 2. The van der Waals surface area contributed by atoms with E-state index in [9.17, 15) is 18.0 Å². The molecular weight excluding hydrogens is 378 g/mol. The van der Waals surface area contributed by atoms with Crippen LogP contribution in [0.1, 0.15) is 24.4 Å². The van der Waals surface area contributed by atoms with Crippen molar-refractivity contribution in [3.05, 3.63) is 60.2 Å². The molecule has 2 aromatic rings. The van der Waals surface area contributed by atoms with Gasteiger partial charge in [0.15, 0.2) is 0 Å². The van der Waals surface area contributed by atoms with Crippen molar-refractivity contribution in [2.24, 2.45) is 0 Å². The molecule has 0 saturated carbocycles. The van der Waals surface area contributed by atoms with E-state index in [1.807, 2.05) is 6.07 Å². The first-order valence-corrected chi connectivity index (χ1v) is 10.8. The molecule has 1 saturated heterocycles. The third-order valence-corrected chi connectivity index (χ3v) is 6.01. The number of sulfonamides is 1. The minimum absolute atomic E-state index is 0.0578. The molecule has 148 valence electrons. The minimum atomic E-state index is -3.60. The average Bonchev–Trinajstić information content (AvgIpc) is 3.08. The van der Waals surface area contributed by atoms with Crippen LogP contribution in [0.4, 0.5) is 11.4 Å². The highest BCUT2D eigenvalue weighted by molar-refractivity contribution is 7.88. The van der Waals surface area contributed by atoms with E-state index in [1.165, 1.54) is 7.05 Å². The van der Waals surface area contributed by atoms with Gasteiger partial charge in [-0.2, -0.15) is 4.31 Å². The Morgan fingerprint density at radius 3 is 2.46 bits per heavy atom. The van der Waals surface area contributed by atoms with Crippen molar-refractivity contribution in [1.82, 2.24) is 4.31 Å². The summed E-state index contributed by atoms with van der Waals surface area (Å²) in [5.41, 5.74) is 1.79. The third-order valence-electron chi connectivity index (χ3n) is 4.75. The lowest BCUT2D eigenvalue weighted by atomic mass is 10.1. The minimum Gasteiger partial charge on any atom is -0.324 e. The van der Waals surface area contributed by atoms with Crippen molar-refractivity contribution in [2.75, 3.05) is 30.1 Å². The lowest BCUT2D eigenvalue weighted by molar-refractivity contribution is -0.119. The lowest BCUT2D eigenvalue weighted by Gasteiger charge is -2.26. The quantitative estimate of drug-likeness (QED) is 0.805. The van der Waals surface area contributed by atoms with Gasteiger partial charge >= 0.3 is 0 Å². The number of nitrogens with zero attached hydrogens (tertiary/aromatic N) is 2. The van der Waals surface area contributed by atoms with Crippen molar-refractivity contribution in [1.29, 1.82) is 0 Å². The van der Waals surface area contributed by atoms with E-state index in [2.05, 4.69) is 5.32 Å². The maximum atomic E-state index is 13.0. The van der Waals surface area contributed by atoms with Gasteiger partial charge in [0.25, 0.3) is 0 Å². The van der Waals surface area contributed by atoms with E-state index >= 15 is 0 Å². The first-order chi connectivity index (χ1) is 13.3. The molecule has 1 N–H and O–H groups in total. The Balaban J connectivity index is 1.87. The Morgan fingerprint density at radius 1 is 1.14 bits per heavy atom. The highest BCUT2D eigenvalue weighted by Gasteiger charge is 2.31. The number of carbonyl (C=O) groups is 2. The molecule has 0 aliphatic carbocycles. The van der Waals surface area contributed by atoms with Gasteiger partial charge in [-0.25, -0.2) is 8.42 Å². The lowest BCUT2D eigenvalue weighted by Crippen LogP contribution is -2.38. The number of likely N-dealkylation sites (N-methyl/N-ethyl adjacent to an activating group) is 1. The van der Waals surface area contributed by atoms with Gasteiger partial charge in [-0.05, 0) is 30.2 Å². The van der Waals surface area contributed by atoms with Gasteiger partial charge in [-0.1, -0.05) is 36.4 Å². The Bertz CT molecular complexity index is 976. The normalized spacial score (nSPS) is 15.7. The van der Waals surface area contributed by atoms with Crippen molar-refractivity contribution >= 4 is 33.2 Å². The molecule has 0 aromatic heterocycles. The van der Waals surface area contributed by atoms with Crippen LogP contribution >= 0.6 is 0 Å². The summed E-state index contributed by atoms with van der Waals surface area (Å²) in [6.45, 7) is 0.652. The second-order valence-corrected chi connectivity index (χ2v) is 8.82. The fraction of sp³-hybridized carbons (Fsp3) is 0.300. The zero-order valence-corrected chi connectivity index (χ0v) is 16.6. The molecule has 2 aromatic carbocycles.